The van der Waals surface area contributed by atoms with Crippen LogP contribution in [0.15, 0.2) is 29.3 Å². The molecule has 1 saturated heterocycles. The normalized spacial score (nSPS) is 17.4. The van der Waals surface area contributed by atoms with Gasteiger partial charge >= 0.3 is 0 Å². The number of nitrogens with one attached hydrogen (secondary N) is 1. The lowest BCUT2D eigenvalue weighted by atomic mass is 10.3. The maximum Gasteiger partial charge on any atom is 0.255 e. The Kier molecular flexibility index (Phi) is 3.41. The maximum atomic E-state index is 11.4. The quantitative estimate of drug-likeness (QED) is 0.788. The van der Waals surface area contributed by atoms with Gasteiger partial charge in [-0.1, -0.05) is 0 Å². The van der Waals surface area contributed by atoms with Crippen LogP contribution in [0.1, 0.15) is 13.3 Å². The lowest BCUT2D eigenvalue weighted by Gasteiger charge is -2.09. The number of amidine groups is 1. The van der Waals surface area contributed by atoms with Crippen LogP contribution in [0.2, 0.25) is 0 Å². The molecule has 0 saturated carbocycles. The van der Waals surface area contributed by atoms with Crippen molar-refractivity contribution in [3.8, 4) is 0 Å². The van der Waals surface area contributed by atoms with Crippen LogP contribution in [0, 0.1) is 3.57 Å². The summed E-state index contributed by atoms with van der Waals surface area (Å²) in [5.41, 5.74) is 3.44. The lowest BCUT2D eigenvalue weighted by Crippen LogP contribution is -2.39. The highest BCUT2D eigenvalue weighted by molar-refractivity contribution is 14.1. The van der Waals surface area contributed by atoms with Gasteiger partial charge in [-0.3, -0.25) is 15.0 Å². The van der Waals surface area contributed by atoms with E-state index in [0.717, 1.165) is 14.3 Å². The summed E-state index contributed by atoms with van der Waals surface area (Å²) in [4.78, 5) is 26.8. The minimum atomic E-state index is -0.331. The molecule has 1 aliphatic rings. The molecule has 1 aliphatic heterocycles. The van der Waals surface area contributed by atoms with Gasteiger partial charge < -0.3 is 0 Å². The fourth-order valence-electron chi connectivity index (χ4n) is 1.44. The van der Waals surface area contributed by atoms with Crippen molar-refractivity contribution in [3.63, 3.8) is 0 Å². The fraction of sp³-hybridized carbons (Fsp3) is 0.182. The molecule has 1 heterocycles. The molecule has 17 heavy (non-hydrogen) atoms. The SMILES string of the molecule is CC(=O)N1NC(=Nc2ccc(I)cc2)CC1=O. The summed E-state index contributed by atoms with van der Waals surface area (Å²) in [5, 5.41) is 0.978. The molecular formula is C11H10IN3O2. The van der Waals surface area contributed by atoms with Gasteiger partial charge in [-0.05, 0) is 46.9 Å². The number of benzene rings is 1. The Morgan fingerprint density at radius 2 is 2.06 bits per heavy atom. The second-order valence-electron chi connectivity index (χ2n) is 3.57. The molecule has 0 radical (unpaired) electrons. The molecule has 0 unspecified atom stereocenters. The van der Waals surface area contributed by atoms with E-state index in [0.29, 0.717) is 5.84 Å². The molecule has 0 bridgehead atoms. The van der Waals surface area contributed by atoms with Gasteiger partial charge in [0.15, 0.2) is 0 Å². The van der Waals surface area contributed by atoms with Gasteiger partial charge in [0.05, 0.1) is 12.1 Å². The van der Waals surface area contributed by atoms with Crippen LogP contribution in [-0.2, 0) is 9.59 Å². The molecule has 5 nitrogen and oxygen atoms in total. The van der Waals surface area contributed by atoms with E-state index in [2.05, 4.69) is 33.0 Å². The first-order valence-corrected chi connectivity index (χ1v) is 6.07. The first-order valence-electron chi connectivity index (χ1n) is 4.99. The van der Waals surface area contributed by atoms with Crippen molar-refractivity contribution in [2.45, 2.75) is 13.3 Å². The Balaban J connectivity index is 2.17. The summed E-state index contributed by atoms with van der Waals surface area (Å²) in [5.74, 6) is -0.115. The average Bonchev–Trinajstić information content (AvgIpc) is 2.63. The number of hydrogen-bond donors (Lipinski definition) is 1. The van der Waals surface area contributed by atoms with Crippen molar-refractivity contribution in [1.82, 2.24) is 10.4 Å². The zero-order valence-electron chi connectivity index (χ0n) is 9.11. The summed E-state index contributed by atoms with van der Waals surface area (Å²) < 4.78 is 1.12. The number of hydrogen-bond acceptors (Lipinski definition) is 3. The van der Waals surface area contributed by atoms with Crippen LogP contribution in [0.5, 0.6) is 0 Å². The average molecular weight is 343 g/mol. The maximum absolute atomic E-state index is 11.4. The molecule has 0 aromatic heterocycles. The molecule has 1 aromatic rings. The third-order valence-electron chi connectivity index (χ3n) is 2.21. The van der Waals surface area contributed by atoms with E-state index in [1.165, 1.54) is 6.92 Å². The van der Waals surface area contributed by atoms with Crippen molar-refractivity contribution in [1.29, 1.82) is 0 Å². The highest BCUT2D eigenvalue weighted by Crippen LogP contribution is 2.16. The van der Waals surface area contributed by atoms with Gasteiger partial charge in [-0.25, -0.2) is 4.99 Å². The highest BCUT2D eigenvalue weighted by Gasteiger charge is 2.28. The summed E-state index contributed by atoms with van der Waals surface area (Å²) in [7, 11) is 0. The third-order valence-corrected chi connectivity index (χ3v) is 2.93. The molecule has 0 aliphatic carbocycles. The summed E-state index contributed by atoms with van der Waals surface area (Å²) in [6.07, 6.45) is 0.131. The largest absolute Gasteiger partial charge is 0.275 e. The van der Waals surface area contributed by atoms with Crippen molar-refractivity contribution in [2.24, 2.45) is 4.99 Å². The molecule has 1 fully saturated rings. The Labute approximate surface area is 112 Å². The van der Waals surface area contributed by atoms with Crippen LogP contribution in [0.3, 0.4) is 0 Å². The first-order chi connectivity index (χ1) is 8.06. The number of rotatable bonds is 1. The number of aliphatic imine (C=N–C) groups is 1. The minimum absolute atomic E-state index is 0.131. The number of hydrazine groups is 1. The van der Waals surface area contributed by atoms with Crippen LogP contribution < -0.4 is 5.43 Å². The Morgan fingerprint density at radius 3 is 2.59 bits per heavy atom. The molecule has 6 heteroatoms. The van der Waals surface area contributed by atoms with E-state index < -0.39 is 0 Å². The zero-order valence-corrected chi connectivity index (χ0v) is 11.3. The lowest BCUT2D eigenvalue weighted by molar-refractivity contribution is -0.143. The molecule has 1 aromatic carbocycles. The highest BCUT2D eigenvalue weighted by atomic mass is 127. The summed E-state index contributed by atoms with van der Waals surface area (Å²) in [6.45, 7) is 1.33. The van der Waals surface area contributed by atoms with E-state index in [4.69, 9.17) is 0 Å². The van der Waals surface area contributed by atoms with E-state index in [9.17, 15) is 9.59 Å². The summed E-state index contributed by atoms with van der Waals surface area (Å²) >= 11 is 2.21. The van der Waals surface area contributed by atoms with Crippen LogP contribution in [0.25, 0.3) is 0 Å². The number of carbonyl (C=O) groups is 2. The number of amides is 2. The standard InChI is InChI=1S/C11H10IN3O2/c1-7(16)15-11(17)6-10(14-15)13-9-4-2-8(12)3-5-9/h2-5H,6H2,1H3,(H,13,14). The van der Waals surface area contributed by atoms with Gasteiger partial charge in [0.2, 0.25) is 5.91 Å². The topological polar surface area (TPSA) is 61.8 Å². The number of halogens is 1. The number of carbonyl (C=O) groups excluding carboxylic acids is 2. The Bertz CT molecular complexity index is 496. The fourth-order valence-corrected chi connectivity index (χ4v) is 1.80. The van der Waals surface area contributed by atoms with Crippen molar-refractivity contribution in [3.05, 3.63) is 27.8 Å². The predicted molar refractivity (Wildman–Crippen MR) is 71.5 cm³/mol. The smallest absolute Gasteiger partial charge is 0.255 e. The Morgan fingerprint density at radius 1 is 1.41 bits per heavy atom. The van der Waals surface area contributed by atoms with Crippen LogP contribution in [0.4, 0.5) is 5.69 Å². The first kappa shape index (κ1) is 12.0. The van der Waals surface area contributed by atoms with Crippen LogP contribution in [-0.4, -0.2) is 22.7 Å². The van der Waals surface area contributed by atoms with E-state index >= 15 is 0 Å². The molecule has 2 amide bonds. The van der Waals surface area contributed by atoms with Crippen molar-refractivity contribution < 1.29 is 9.59 Å². The zero-order chi connectivity index (χ0) is 12.4. The minimum Gasteiger partial charge on any atom is -0.275 e. The van der Waals surface area contributed by atoms with Gasteiger partial charge in [-0.15, -0.1) is 0 Å². The van der Waals surface area contributed by atoms with E-state index in [1.807, 2.05) is 24.3 Å². The van der Waals surface area contributed by atoms with Gasteiger partial charge in [0.25, 0.3) is 5.91 Å². The molecule has 0 spiro atoms. The monoisotopic (exact) mass is 343 g/mol. The number of imide groups is 1. The van der Waals surface area contributed by atoms with E-state index in [-0.39, 0.29) is 18.2 Å². The van der Waals surface area contributed by atoms with Gasteiger partial charge in [-0.2, -0.15) is 5.01 Å². The van der Waals surface area contributed by atoms with Crippen molar-refractivity contribution in [2.75, 3.05) is 0 Å². The molecule has 1 N–H and O–H groups in total. The third kappa shape index (κ3) is 2.82. The van der Waals surface area contributed by atoms with Crippen molar-refractivity contribution >= 4 is 45.9 Å². The Hall–Kier alpha value is -1.44. The molecule has 88 valence electrons. The van der Waals surface area contributed by atoms with Crippen LogP contribution >= 0.6 is 22.6 Å². The molecule has 2 rings (SSSR count). The number of nitrogens with zero attached hydrogens (tertiary/aromatic N) is 2. The second-order valence-corrected chi connectivity index (χ2v) is 4.82. The van der Waals surface area contributed by atoms with Gasteiger partial charge in [0.1, 0.15) is 5.84 Å². The second kappa shape index (κ2) is 4.82. The summed E-state index contributed by atoms with van der Waals surface area (Å²) in [6, 6.07) is 7.58. The predicted octanol–water partition coefficient (Wildman–Crippen LogP) is 1.60. The molecule has 0 atom stereocenters. The van der Waals surface area contributed by atoms with E-state index in [1.54, 1.807) is 0 Å². The van der Waals surface area contributed by atoms with Gasteiger partial charge in [0, 0.05) is 10.5 Å². The molecular weight excluding hydrogens is 333 g/mol.